The van der Waals surface area contributed by atoms with Gasteiger partial charge in [-0.1, -0.05) is 60.2 Å². The number of Topliss-reactive ketones (excluding diaryl/α,β-unsaturated/α-hetero) is 1. The molecular weight excluding hydrogens is 334 g/mol. The van der Waals surface area contributed by atoms with Crippen LogP contribution in [0.2, 0.25) is 0 Å². The summed E-state index contributed by atoms with van der Waals surface area (Å²) < 4.78 is 0. The minimum Gasteiger partial charge on any atom is -0.507 e. The minimum absolute atomic E-state index is 0.105. The van der Waals surface area contributed by atoms with Crippen LogP contribution in [0.1, 0.15) is 22.7 Å². The zero-order valence-corrected chi connectivity index (χ0v) is 14.0. The third-order valence-corrected chi connectivity index (χ3v) is 4.29. The summed E-state index contributed by atoms with van der Waals surface area (Å²) in [4.78, 5) is 37.1. The summed E-state index contributed by atoms with van der Waals surface area (Å²) in [6.45, 7) is 1.26. The zero-order valence-electron chi connectivity index (χ0n) is 14.0. The number of nitrogens with zero attached hydrogens (tertiary/aromatic N) is 1. The fourth-order valence-corrected chi connectivity index (χ4v) is 3.04. The zero-order chi connectivity index (χ0) is 18.8. The van der Waals surface area contributed by atoms with Crippen LogP contribution < -0.4 is 0 Å². The van der Waals surface area contributed by atoms with Crippen molar-refractivity contribution in [3.05, 3.63) is 76.9 Å². The van der Waals surface area contributed by atoms with Crippen molar-refractivity contribution in [3.8, 4) is 0 Å². The maximum absolute atomic E-state index is 12.6. The van der Waals surface area contributed by atoms with Crippen molar-refractivity contribution in [3.63, 3.8) is 0 Å². The van der Waals surface area contributed by atoms with E-state index >= 15 is 0 Å². The highest BCUT2D eigenvalue weighted by atomic mass is 16.4. The average molecular weight is 351 g/mol. The van der Waals surface area contributed by atoms with Gasteiger partial charge < -0.3 is 15.1 Å². The summed E-state index contributed by atoms with van der Waals surface area (Å²) in [5.74, 6) is -3.38. The first-order valence-corrected chi connectivity index (χ1v) is 8.02. The second-order valence-electron chi connectivity index (χ2n) is 6.10. The van der Waals surface area contributed by atoms with Crippen molar-refractivity contribution in [2.24, 2.45) is 0 Å². The number of hydrogen-bond acceptors (Lipinski definition) is 4. The van der Waals surface area contributed by atoms with Crippen LogP contribution in [0, 0.1) is 6.92 Å². The molecule has 0 spiro atoms. The Labute approximate surface area is 150 Å². The molecule has 132 valence electrons. The lowest BCUT2D eigenvalue weighted by Gasteiger charge is -2.23. The molecule has 1 amide bonds. The molecule has 6 heteroatoms. The summed E-state index contributed by atoms with van der Waals surface area (Å²) in [5.41, 5.74) is 1.82. The van der Waals surface area contributed by atoms with E-state index in [4.69, 9.17) is 5.11 Å². The summed E-state index contributed by atoms with van der Waals surface area (Å²) in [6, 6.07) is 14.5. The predicted octanol–water partition coefficient (Wildman–Crippen LogP) is 2.50. The molecule has 1 fully saturated rings. The van der Waals surface area contributed by atoms with Crippen molar-refractivity contribution in [2.75, 3.05) is 6.54 Å². The van der Waals surface area contributed by atoms with E-state index in [0.717, 1.165) is 10.5 Å². The van der Waals surface area contributed by atoms with Crippen molar-refractivity contribution >= 4 is 23.4 Å². The molecule has 1 saturated heterocycles. The van der Waals surface area contributed by atoms with Gasteiger partial charge in [-0.25, -0.2) is 0 Å². The summed E-state index contributed by atoms with van der Waals surface area (Å²) in [7, 11) is 0. The van der Waals surface area contributed by atoms with Crippen LogP contribution >= 0.6 is 0 Å². The molecule has 1 atom stereocenters. The van der Waals surface area contributed by atoms with E-state index in [2.05, 4.69) is 0 Å². The SMILES string of the molecule is Cc1ccc([C@@H]2C(=C(O)c3ccccc3)C(=O)C(=O)N2CC(=O)O)cc1. The van der Waals surface area contributed by atoms with Crippen LogP contribution in [0.4, 0.5) is 0 Å². The summed E-state index contributed by atoms with van der Waals surface area (Å²) >= 11 is 0. The molecule has 2 aromatic rings. The van der Waals surface area contributed by atoms with Crippen LogP contribution in [0.15, 0.2) is 60.2 Å². The molecular formula is C20H17NO5. The van der Waals surface area contributed by atoms with Crippen LogP contribution in [-0.4, -0.2) is 39.3 Å². The van der Waals surface area contributed by atoms with E-state index in [-0.39, 0.29) is 11.3 Å². The third kappa shape index (κ3) is 3.09. The minimum atomic E-state index is -1.23. The predicted molar refractivity (Wildman–Crippen MR) is 94.3 cm³/mol. The first-order valence-electron chi connectivity index (χ1n) is 8.02. The normalized spacial score (nSPS) is 19.0. The Bertz CT molecular complexity index is 900. The Balaban J connectivity index is 2.19. The van der Waals surface area contributed by atoms with Crippen LogP contribution in [0.25, 0.3) is 5.76 Å². The van der Waals surface area contributed by atoms with Crippen LogP contribution in [-0.2, 0) is 14.4 Å². The maximum Gasteiger partial charge on any atom is 0.323 e. The second kappa shape index (κ2) is 6.84. The number of likely N-dealkylation sites (tertiary alicyclic amines) is 1. The molecule has 1 heterocycles. The number of carboxylic acids is 1. The lowest BCUT2D eigenvalue weighted by molar-refractivity contribution is -0.146. The lowest BCUT2D eigenvalue weighted by atomic mass is 9.95. The van der Waals surface area contributed by atoms with E-state index < -0.39 is 30.2 Å². The van der Waals surface area contributed by atoms with Gasteiger partial charge in [0, 0.05) is 5.56 Å². The quantitative estimate of drug-likeness (QED) is 0.501. The number of aliphatic hydroxyl groups is 1. The summed E-state index contributed by atoms with van der Waals surface area (Å²) in [6.07, 6.45) is 0. The Morgan fingerprint density at radius 3 is 2.19 bits per heavy atom. The molecule has 26 heavy (non-hydrogen) atoms. The molecule has 3 rings (SSSR count). The standard InChI is InChI=1S/C20H17NO5/c1-12-7-9-13(10-8-12)17-16(18(24)14-5-3-2-4-6-14)19(25)20(26)21(17)11-15(22)23/h2-10,17,24H,11H2,1H3,(H,22,23)/t17-/m1/s1. The van der Waals surface area contributed by atoms with Crippen LogP contribution in [0.5, 0.6) is 0 Å². The van der Waals surface area contributed by atoms with Gasteiger partial charge in [-0.2, -0.15) is 0 Å². The highest BCUT2D eigenvalue weighted by Crippen LogP contribution is 2.39. The van der Waals surface area contributed by atoms with Gasteiger partial charge >= 0.3 is 5.97 Å². The smallest absolute Gasteiger partial charge is 0.323 e. The highest BCUT2D eigenvalue weighted by molar-refractivity contribution is 6.46. The molecule has 0 radical (unpaired) electrons. The monoisotopic (exact) mass is 351 g/mol. The number of aryl methyl sites for hydroxylation is 1. The lowest BCUT2D eigenvalue weighted by Crippen LogP contribution is -2.34. The summed E-state index contributed by atoms with van der Waals surface area (Å²) in [5, 5.41) is 19.8. The number of rotatable bonds is 4. The Hall–Kier alpha value is -3.41. The van der Waals surface area contributed by atoms with Crippen molar-refractivity contribution < 1.29 is 24.6 Å². The Morgan fingerprint density at radius 2 is 1.62 bits per heavy atom. The van der Waals surface area contributed by atoms with Gasteiger partial charge in [0.05, 0.1) is 11.6 Å². The van der Waals surface area contributed by atoms with E-state index in [1.807, 2.05) is 6.92 Å². The molecule has 0 aliphatic carbocycles. The van der Waals surface area contributed by atoms with Gasteiger partial charge in [0.1, 0.15) is 12.3 Å². The number of carboxylic acid groups (broad SMARTS) is 1. The molecule has 1 aliphatic rings. The fraction of sp³-hybridized carbons (Fsp3) is 0.150. The van der Waals surface area contributed by atoms with E-state index in [1.54, 1.807) is 54.6 Å². The van der Waals surface area contributed by atoms with Gasteiger partial charge in [0.2, 0.25) is 0 Å². The fourth-order valence-electron chi connectivity index (χ4n) is 3.04. The molecule has 6 nitrogen and oxygen atoms in total. The molecule has 0 aromatic heterocycles. The number of hydrogen-bond donors (Lipinski definition) is 2. The number of carbonyl (C=O) groups is 3. The number of ketones is 1. The van der Waals surface area contributed by atoms with Crippen LogP contribution in [0.3, 0.4) is 0 Å². The van der Waals surface area contributed by atoms with Crippen molar-refractivity contribution in [1.29, 1.82) is 0 Å². The van der Waals surface area contributed by atoms with Gasteiger partial charge in [-0.3, -0.25) is 14.4 Å². The van der Waals surface area contributed by atoms with Gasteiger partial charge in [0.25, 0.3) is 11.7 Å². The largest absolute Gasteiger partial charge is 0.507 e. The van der Waals surface area contributed by atoms with Crippen molar-refractivity contribution in [1.82, 2.24) is 4.90 Å². The van der Waals surface area contributed by atoms with E-state index in [9.17, 15) is 19.5 Å². The maximum atomic E-state index is 12.6. The van der Waals surface area contributed by atoms with E-state index in [0.29, 0.717) is 11.1 Å². The number of carbonyl (C=O) groups excluding carboxylic acids is 2. The van der Waals surface area contributed by atoms with Crippen molar-refractivity contribution in [2.45, 2.75) is 13.0 Å². The number of aliphatic hydroxyl groups excluding tert-OH is 1. The molecule has 0 saturated carbocycles. The number of aliphatic carboxylic acids is 1. The highest BCUT2D eigenvalue weighted by Gasteiger charge is 2.46. The Kier molecular flexibility index (Phi) is 4.58. The molecule has 0 unspecified atom stereocenters. The second-order valence-corrected chi connectivity index (χ2v) is 6.10. The van der Waals surface area contributed by atoms with E-state index in [1.165, 1.54) is 0 Å². The van der Waals surface area contributed by atoms with Gasteiger partial charge in [0.15, 0.2) is 0 Å². The first-order chi connectivity index (χ1) is 12.4. The molecule has 0 bridgehead atoms. The Morgan fingerprint density at radius 1 is 1.00 bits per heavy atom. The topological polar surface area (TPSA) is 94.9 Å². The first kappa shape index (κ1) is 17.4. The number of amides is 1. The average Bonchev–Trinajstić information content (AvgIpc) is 2.87. The third-order valence-electron chi connectivity index (χ3n) is 4.29. The molecule has 1 aliphatic heterocycles. The molecule has 2 aromatic carbocycles. The molecule has 2 N–H and O–H groups in total. The van der Waals surface area contributed by atoms with Gasteiger partial charge in [-0.05, 0) is 12.5 Å². The number of benzene rings is 2. The van der Waals surface area contributed by atoms with Gasteiger partial charge in [-0.15, -0.1) is 0 Å².